The third kappa shape index (κ3) is 3.49. The van der Waals surface area contributed by atoms with Gasteiger partial charge in [0.1, 0.15) is 0 Å². The van der Waals surface area contributed by atoms with Crippen molar-refractivity contribution in [3.8, 4) is 22.9 Å². The number of aromatic nitrogens is 4. The largest absolute Gasteiger partial charge is 0.355 e. The first kappa shape index (κ1) is 16.1. The van der Waals surface area contributed by atoms with Crippen molar-refractivity contribution in [3.63, 3.8) is 0 Å². The first-order valence-corrected chi connectivity index (χ1v) is 6.63. The lowest BCUT2D eigenvalue weighted by molar-refractivity contribution is 0.404. The zero-order chi connectivity index (χ0) is 14.7. The van der Waals surface area contributed by atoms with Crippen LogP contribution in [-0.4, -0.2) is 33.4 Å². The number of likely N-dealkylation sites (N-methyl/N-ethyl adjacent to an activating group) is 1. The summed E-state index contributed by atoms with van der Waals surface area (Å²) in [6.07, 6.45) is 4.10. The molecule has 0 aliphatic carbocycles. The second-order valence-electron chi connectivity index (χ2n) is 4.73. The van der Waals surface area contributed by atoms with E-state index in [2.05, 4.69) is 25.6 Å². The molecule has 22 heavy (non-hydrogen) atoms. The van der Waals surface area contributed by atoms with Gasteiger partial charge in [0.2, 0.25) is 0 Å². The molecule has 1 unspecified atom stereocenters. The highest BCUT2D eigenvalue weighted by Crippen LogP contribution is 2.24. The molecule has 1 atom stereocenters. The molecule has 3 rings (SSSR count). The fourth-order valence-corrected chi connectivity index (χ4v) is 1.84. The van der Waals surface area contributed by atoms with Gasteiger partial charge in [-0.3, -0.25) is 4.98 Å². The van der Waals surface area contributed by atoms with Crippen molar-refractivity contribution in [1.82, 2.24) is 25.6 Å². The molecular weight excluding hydrogens is 306 g/mol. The van der Waals surface area contributed by atoms with Gasteiger partial charge in [0.05, 0.1) is 0 Å². The lowest BCUT2D eigenvalue weighted by Crippen LogP contribution is -2.24. The molecular formula is C14H16ClN5O2. The highest BCUT2D eigenvalue weighted by atomic mass is 35.5. The Morgan fingerprint density at radius 1 is 1.27 bits per heavy atom. The lowest BCUT2D eigenvalue weighted by Gasteiger charge is -2.04. The lowest BCUT2D eigenvalue weighted by atomic mass is 10.2. The van der Waals surface area contributed by atoms with E-state index in [1.807, 2.05) is 26.1 Å². The Hall–Kier alpha value is -2.25. The van der Waals surface area contributed by atoms with Gasteiger partial charge < -0.3 is 14.4 Å². The summed E-state index contributed by atoms with van der Waals surface area (Å²) < 4.78 is 10.5. The molecule has 0 aliphatic heterocycles. The van der Waals surface area contributed by atoms with Gasteiger partial charge >= 0.3 is 0 Å². The summed E-state index contributed by atoms with van der Waals surface area (Å²) in [7, 11) is 1.89. The molecule has 3 aromatic rings. The number of hydrogen-bond donors (Lipinski definition) is 1. The maximum atomic E-state index is 5.29. The van der Waals surface area contributed by atoms with Crippen LogP contribution in [0, 0.1) is 0 Å². The Labute approximate surface area is 133 Å². The van der Waals surface area contributed by atoms with Gasteiger partial charge in [-0.2, -0.15) is 4.98 Å². The maximum absolute atomic E-state index is 5.29. The van der Waals surface area contributed by atoms with Crippen molar-refractivity contribution < 1.29 is 9.05 Å². The van der Waals surface area contributed by atoms with E-state index in [9.17, 15) is 0 Å². The highest BCUT2D eigenvalue weighted by Gasteiger charge is 2.16. The van der Waals surface area contributed by atoms with Crippen molar-refractivity contribution in [2.45, 2.75) is 19.4 Å². The first-order chi connectivity index (χ1) is 10.3. The van der Waals surface area contributed by atoms with Crippen LogP contribution in [0.25, 0.3) is 22.9 Å². The van der Waals surface area contributed by atoms with E-state index < -0.39 is 0 Å². The molecule has 7 nitrogen and oxygen atoms in total. The second kappa shape index (κ2) is 7.15. The molecule has 0 bridgehead atoms. The standard InChI is InChI=1S/C14H15N5O2.ClH/c1-9(15-2)6-13-17-14(21-19-13)11-7-12(20-18-11)10-4-3-5-16-8-10;/h3-5,7-9,15H,6H2,1-2H3;1H. The third-order valence-electron chi connectivity index (χ3n) is 3.12. The summed E-state index contributed by atoms with van der Waals surface area (Å²) in [5.74, 6) is 1.60. The molecule has 0 amide bonds. The van der Waals surface area contributed by atoms with Crippen molar-refractivity contribution >= 4 is 12.4 Å². The molecule has 0 aromatic carbocycles. The summed E-state index contributed by atoms with van der Waals surface area (Å²) in [4.78, 5) is 8.36. The van der Waals surface area contributed by atoms with Crippen LogP contribution in [0.2, 0.25) is 0 Å². The minimum atomic E-state index is 0. The average Bonchev–Trinajstić information content (AvgIpc) is 3.17. The van der Waals surface area contributed by atoms with Crippen LogP contribution in [0.4, 0.5) is 0 Å². The van der Waals surface area contributed by atoms with Crippen molar-refractivity contribution in [1.29, 1.82) is 0 Å². The smallest absolute Gasteiger partial charge is 0.280 e. The van der Waals surface area contributed by atoms with Crippen molar-refractivity contribution in [2.24, 2.45) is 0 Å². The number of hydrogen-bond acceptors (Lipinski definition) is 7. The van der Waals surface area contributed by atoms with E-state index in [0.29, 0.717) is 29.6 Å². The molecule has 0 saturated carbocycles. The number of nitrogens with one attached hydrogen (secondary N) is 1. The van der Waals surface area contributed by atoms with Crippen LogP contribution >= 0.6 is 12.4 Å². The summed E-state index contributed by atoms with van der Waals surface area (Å²) in [5, 5.41) is 11.0. The van der Waals surface area contributed by atoms with E-state index in [4.69, 9.17) is 9.05 Å². The van der Waals surface area contributed by atoms with Gasteiger partial charge in [0, 0.05) is 36.5 Å². The number of rotatable bonds is 5. The second-order valence-corrected chi connectivity index (χ2v) is 4.73. The fraction of sp³-hybridized carbons (Fsp3) is 0.286. The summed E-state index contributed by atoms with van der Waals surface area (Å²) >= 11 is 0. The Morgan fingerprint density at radius 3 is 2.86 bits per heavy atom. The number of halogens is 1. The van der Waals surface area contributed by atoms with Crippen LogP contribution in [0.15, 0.2) is 39.6 Å². The van der Waals surface area contributed by atoms with Crippen LogP contribution in [-0.2, 0) is 6.42 Å². The van der Waals surface area contributed by atoms with Gasteiger partial charge in [-0.1, -0.05) is 10.3 Å². The van der Waals surface area contributed by atoms with Crippen molar-refractivity contribution in [3.05, 3.63) is 36.4 Å². The molecule has 1 N–H and O–H groups in total. The van der Waals surface area contributed by atoms with Gasteiger partial charge in [-0.15, -0.1) is 12.4 Å². The van der Waals surface area contributed by atoms with E-state index in [1.165, 1.54) is 0 Å². The molecule has 0 saturated heterocycles. The van der Waals surface area contributed by atoms with Crippen LogP contribution < -0.4 is 5.32 Å². The van der Waals surface area contributed by atoms with Crippen molar-refractivity contribution in [2.75, 3.05) is 7.05 Å². The highest BCUT2D eigenvalue weighted by molar-refractivity contribution is 5.85. The Balaban J connectivity index is 0.00000176. The van der Waals surface area contributed by atoms with E-state index >= 15 is 0 Å². The van der Waals surface area contributed by atoms with Crippen LogP contribution in [0.1, 0.15) is 12.7 Å². The summed E-state index contributed by atoms with van der Waals surface area (Å²) in [6, 6.07) is 5.77. The SMILES string of the molecule is CNC(C)Cc1noc(-c2cc(-c3cccnc3)on2)n1.Cl. The zero-order valence-corrected chi connectivity index (χ0v) is 13.0. The van der Waals surface area contributed by atoms with Gasteiger partial charge in [0.25, 0.3) is 5.89 Å². The molecule has 8 heteroatoms. The monoisotopic (exact) mass is 321 g/mol. The Kier molecular flexibility index (Phi) is 5.24. The van der Waals surface area contributed by atoms with Gasteiger partial charge in [-0.05, 0) is 26.1 Å². The fourth-order valence-electron chi connectivity index (χ4n) is 1.84. The molecule has 0 spiro atoms. The third-order valence-corrected chi connectivity index (χ3v) is 3.12. The Bertz CT molecular complexity index is 713. The predicted octanol–water partition coefficient (Wildman–Crippen LogP) is 2.36. The predicted molar refractivity (Wildman–Crippen MR) is 82.5 cm³/mol. The topological polar surface area (TPSA) is 89.9 Å². The molecule has 0 radical (unpaired) electrons. The molecule has 0 aliphatic rings. The molecule has 0 fully saturated rings. The van der Waals surface area contributed by atoms with Gasteiger partial charge in [-0.25, -0.2) is 0 Å². The zero-order valence-electron chi connectivity index (χ0n) is 12.2. The average molecular weight is 322 g/mol. The van der Waals surface area contributed by atoms with Crippen LogP contribution in [0.5, 0.6) is 0 Å². The molecule has 3 heterocycles. The number of pyridine rings is 1. The molecule has 116 valence electrons. The first-order valence-electron chi connectivity index (χ1n) is 6.63. The number of nitrogens with zero attached hydrogens (tertiary/aromatic N) is 4. The van der Waals surface area contributed by atoms with E-state index in [1.54, 1.807) is 18.5 Å². The maximum Gasteiger partial charge on any atom is 0.280 e. The summed E-state index contributed by atoms with van der Waals surface area (Å²) in [5.41, 5.74) is 1.37. The van der Waals surface area contributed by atoms with Crippen LogP contribution in [0.3, 0.4) is 0 Å². The van der Waals surface area contributed by atoms with E-state index in [-0.39, 0.29) is 18.4 Å². The summed E-state index contributed by atoms with van der Waals surface area (Å²) in [6.45, 7) is 2.05. The Morgan fingerprint density at radius 2 is 2.14 bits per heavy atom. The minimum Gasteiger partial charge on any atom is -0.355 e. The van der Waals surface area contributed by atoms with E-state index in [0.717, 1.165) is 5.56 Å². The van der Waals surface area contributed by atoms with Gasteiger partial charge in [0.15, 0.2) is 17.3 Å². The molecule has 3 aromatic heterocycles. The quantitative estimate of drug-likeness (QED) is 0.771. The normalized spacial score (nSPS) is 11.9. The minimum absolute atomic E-state index is 0.